The van der Waals surface area contributed by atoms with Crippen LogP contribution in [0.15, 0.2) is 29.3 Å². The highest BCUT2D eigenvalue weighted by molar-refractivity contribution is 14.0. The zero-order chi connectivity index (χ0) is 17.4. The Labute approximate surface area is 169 Å². The molecule has 1 fully saturated rings. The van der Waals surface area contributed by atoms with Crippen molar-refractivity contribution in [3.05, 3.63) is 35.4 Å². The van der Waals surface area contributed by atoms with E-state index in [1.807, 2.05) is 0 Å². The summed E-state index contributed by atoms with van der Waals surface area (Å²) in [6.07, 6.45) is 0.635. The summed E-state index contributed by atoms with van der Waals surface area (Å²) in [6, 6.07) is 8.80. The Morgan fingerprint density at radius 2 is 1.56 bits per heavy atom. The van der Waals surface area contributed by atoms with Crippen molar-refractivity contribution in [2.75, 3.05) is 26.2 Å². The molecule has 2 atom stereocenters. The third-order valence-corrected chi connectivity index (χ3v) is 4.03. The Balaban J connectivity index is 0.00000312. The molecule has 142 valence electrons. The smallest absolute Gasteiger partial charge is 0.191 e. The molecule has 6 heteroatoms. The molecule has 1 aromatic rings. The zero-order valence-corrected chi connectivity index (χ0v) is 18.2. The fraction of sp³-hybridized carbons (Fsp3) is 0.632. The summed E-state index contributed by atoms with van der Waals surface area (Å²) in [4.78, 5) is 7.08. The molecule has 0 spiro atoms. The van der Waals surface area contributed by atoms with Gasteiger partial charge in [-0.05, 0) is 38.8 Å². The van der Waals surface area contributed by atoms with Crippen LogP contribution < -0.4 is 10.6 Å². The van der Waals surface area contributed by atoms with E-state index in [0.29, 0.717) is 18.8 Å². The third kappa shape index (κ3) is 7.92. The van der Waals surface area contributed by atoms with Crippen molar-refractivity contribution in [1.82, 2.24) is 15.5 Å². The van der Waals surface area contributed by atoms with Gasteiger partial charge in [0.25, 0.3) is 0 Å². The standard InChI is InChI=1S/C19H32N4O.HI/c1-5-20-19(21-6-2)22-11-17-7-9-18(10-8-17)14-23-12-15(3)24-16(4)13-23;/h7-10,15-16H,5-6,11-14H2,1-4H3,(H2,20,21,22);1H. The molecule has 0 bridgehead atoms. The van der Waals surface area contributed by atoms with Crippen LogP contribution in [0.2, 0.25) is 0 Å². The zero-order valence-electron chi connectivity index (χ0n) is 15.9. The van der Waals surface area contributed by atoms with E-state index in [2.05, 4.69) is 72.5 Å². The molecule has 0 saturated carbocycles. The molecule has 0 aromatic heterocycles. The predicted octanol–water partition coefficient (Wildman–Crippen LogP) is 2.99. The van der Waals surface area contributed by atoms with E-state index in [-0.39, 0.29) is 24.0 Å². The molecule has 2 rings (SSSR count). The molecule has 5 nitrogen and oxygen atoms in total. The van der Waals surface area contributed by atoms with Crippen LogP contribution in [0.5, 0.6) is 0 Å². The number of halogens is 1. The van der Waals surface area contributed by atoms with Gasteiger partial charge in [0.1, 0.15) is 0 Å². The van der Waals surface area contributed by atoms with E-state index >= 15 is 0 Å². The molecule has 0 radical (unpaired) electrons. The van der Waals surface area contributed by atoms with Gasteiger partial charge in [-0.25, -0.2) is 4.99 Å². The van der Waals surface area contributed by atoms with Gasteiger partial charge in [-0.2, -0.15) is 0 Å². The largest absolute Gasteiger partial charge is 0.373 e. The second-order valence-electron chi connectivity index (χ2n) is 6.49. The number of rotatable bonds is 6. The van der Waals surface area contributed by atoms with E-state index < -0.39 is 0 Å². The number of morpholine rings is 1. The fourth-order valence-electron chi connectivity index (χ4n) is 3.10. The van der Waals surface area contributed by atoms with Gasteiger partial charge in [0.05, 0.1) is 18.8 Å². The maximum atomic E-state index is 5.80. The summed E-state index contributed by atoms with van der Waals surface area (Å²) < 4.78 is 5.80. The molecule has 1 aromatic carbocycles. The highest BCUT2D eigenvalue weighted by Gasteiger charge is 2.21. The second kappa shape index (κ2) is 11.7. The van der Waals surface area contributed by atoms with Crippen LogP contribution in [-0.4, -0.2) is 49.2 Å². The second-order valence-corrected chi connectivity index (χ2v) is 6.49. The first-order valence-electron chi connectivity index (χ1n) is 9.08. The molecular weight excluding hydrogens is 427 g/mol. The maximum Gasteiger partial charge on any atom is 0.191 e. The number of nitrogens with one attached hydrogen (secondary N) is 2. The molecule has 25 heavy (non-hydrogen) atoms. The minimum absolute atomic E-state index is 0. The number of guanidine groups is 1. The van der Waals surface area contributed by atoms with Crippen LogP contribution in [-0.2, 0) is 17.8 Å². The lowest BCUT2D eigenvalue weighted by atomic mass is 10.1. The van der Waals surface area contributed by atoms with Crippen molar-refractivity contribution < 1.29 is 4.74 Å². The van der Waals surface area contributed by atoms with Gasteiger partial charge in [-0.1, -0.05) is 24.3 Å². The lowest BCUT2D eigenvalue weighted by molar-refractivity contribution is -0.0704. The number of nitrogens with zero attached hydrogens (tertiary/aromatic N) is 2. The van der Waals surface area contributed by atoms with Crippen LogP contribution in [0.1, 0.15) is 38.8 Å². The first-order chi connectivity index (χ1) is 11.6. The highest BCUT2D eigenvalue weighted by Crippen LogP contribution is 2.15. The Morgan fingerprint density at radius 3 is 2.08 bits per heavy atom. The van der Waals surface area contributed by atoms with Gasteiger partial charge in [-0.3, -0.25) is 4.90 Å². The van der Waals surface area contributed by atoms with Crippen molar-refractivity contribution >= 4 is 29.9 Å². The molecule has 1 aliphatic heterocycles. The quantitative estimate of drug-likeness (QED) is 0.390. The first kappa shape index (κ1) is 22.2. The molecule has 2 N–H and O–H groups in total. The molecule has 2 unspecified atom stereocenters. The summed E-state index contributed by atoms with van der Waals surface area (Å²) in [5.74, 6) is 0.875. The van der Waals surface area contributed by atoms with E-state index in [1.54, 1.807) is 0 Å². The van der Waals surface area contributed by atoms with Gasteiger partial charge < -0.3 is 15.4 Å². The summed E-state index contributed by atoms with van der Waals surface area (Å²) in [5, 5.41) is 6.50. The lowest BCUT2D eigenvalue weighted by Gasteiger charge is -2.35. The summed E-state index contributed by atoms with van der Waals surface area (Å²) >= 11 is 0. The van der Waals surface area contributed by atoms with Gasteiger partial charge in [0, 0.05) is 32.7 Å². The average Bonchev–Trinajstić information content (AvgIpc) is 2.53. The highest BCUT2D eigenvalue weighted by atomic mass is 127. The predicted molar refractivity (Wildman–Crippen MR) is 116 cm³/mol. The van der Waals surface area contributed by atoms with E-state index in [0.717, 1.165) is 38.7 Å². The lowest BCUT2D eigenvalue weighted by Crippen LogP contribution is -2.44. The van der Waals surface area contributed by atoms with Crippen LogP contribution in [0.3, 0.4) is 0 Å². The topological polar surface area (TPSA) is 48.9 Å². The van der Waals surface area contributed by atoms with Crippen LogP contribution in [0.25, 0.3) is 0 Å². The Hall–Kier alpha value is -0.860. The SMILES string of the molecule is CCNC(=NCc1ccc(CN2CC(C)OC(C)C2)cc1)NCC.I. The summed E-state index contributed by atoms with van der Waals surface area (Å²) in [7, 11) is 0. The van der Waals surface area contributed by atoms with Crippen molar-refractivity contribution in [2.24, 2.45) is 4.99 Å². The molecular formula is C19H33IN4O. The third-order valence-electron chi connectivity index (χ3n) is 4.03. The van der Waals surface area contributed by atoms with Crippen molar-refractivity contribution in [3.8, 4) is 0 Å². The van der Waals surface area contributed by atoms with Gasteiger partial charge in [0.15, 0.2) is 5.96 Å². The molecule has 1 aliphatic rings. The number of ether oxygens (including phenoxy) is 1. The summed E-state index contributed by atoms with van der Waals surface area (Å²) in [5.41, 5.74) is 2.58. The first-order valence-corrected chi connectivity index (χ1v) is 9.08. The Kier molecular flexibility index (Phi) is 10.4. The monoisotopic (exact) mass is 460 g/mol. The van der Waals surface area contributed by atoms with Gasteiger partial charge in [-0.15, -0.1) is 24.0 Å². The van der Waals surface area contributed by atoms with Crippen LogP contribution >= 0.6 is 24.0 Å². The van der Waals surface area contributed by atoms with Gasteiger partial charge >= 0.3 is 0 Å². The normalized spacial score (nSPS) is 20.5. The van der Waals surface area contributed by atoms with E-state index in [1.165, 1.54) is 11.1 Å². The number of benzene rings is 1. The van der Waals surface area contributed by atoms with Crippen LogP contribution in [0, 0.1) is 0 Å². The fourth-order valence-corrected chi connectivity index (χ4v) is 3.10. The minimum Gasteiger partial charge on any atom is -0.373 e. The van der Waals surface area contributed by atoms with Crippen molar-refractivity contribution in [1.29, 1.82) is 0 Å². The van der Waals surface area contributed by atoms with E-state index in [9.17, 15) is 0 Å². The maximum absolute atomic E-state index is 5.80. The summed E-state index contributed by atoms with van der Waals surface area (Å²) in [6.45, 7) is 13.9. The number of hydrogen-bond acceptors (Lipinski definition) is 3. The molecule has 1 saturated heterocycles. The minimum atomic E-state index is 0. The Morgan fingerprint density at radius 1 is 1.04 bits per heavy atom. The Bertz CT molecular complexity index is 503. The molecule has 0 amide bonds. The van der Waals surface area contributed by atoms with E-state index in [4.69, 9.17) is 4.74 Å². The van der Waals surface area contributed by atoms with Crippen LogP contribution in [0.4, 0.5) is 0 Å². The van der Waals surface area contributed by atoms with Gasteiger partial charge in [0.2, 0.25) is 0 Å². The molecule has 1 heterocycles. The number of aliphatic imine (C=N–C) groups is 1. The molecule has 0 aliphatic carbocycles. The number of hydrogen-bond donors (Lipinski definition) is 2. The van der Waals surface area contributed by atoms with Crippen molar-refractivity contribution in [2.45, 2.75) is 53.0 Å². The van der Waals surface area contributed by atoms with Crippen molar-refractivity contribution in [3.63, 3.8) is 0 Å². The average molecular weight is 460 g/mol.